The Kier molecular flexibility index (Phi) is 3.42. The van der Waals surface area contributed by atoms with Gasteiger partial charge in [0, 0.05) is 12.2 Å². The number of nitrogens with zero attached hydrogens (tertiary/aromatic N) is 3. The minimum atomic E-state index is -0.494. The number of nitrogens with one attached hydrogen (secondary N) is 1. The first kappa shape index (κ1) is 14.6. The van der Waals surface area contributed by atoms with Crippen LogP contribution in [0, 0.1) is 0 Å². The number of hydrogen-bond acceptors (Lipinski definition) is 5. The minimum absolute atomic E-state index is 0.0224. The Morgan fingerprint density at radius 1 is 1.45 bits per heavy atom. The molecule has 0 aromatic carbocycles. The molecule has 1 amide bonds. The fourth-order valence-electron chi connectivity index (χ4n) is 2.77. The largest absolute Gasteiger partial charge is 0.444 e. The third-order valence-corrected chi connectivity index (χ3v) is 3.68. The first-order valence-electron chi connectivity index (χ1n) is 7.41. The molecule has 0 aliphatic carbocycles. The van der Waals surface area contributed by atoms with E-state index in [1.54, 1.807) is 0 Å². The third-order valence-electron chi connectivity index (χ3n) is 3.68. The third kappa shape index (κ3) is 2.84. The molecule has 1 aliphatic heterocycles. The second-order valence-corrected chi connectivity index (χ2v) is 6.62. The number of fused-ring (bicyclic) bond motifs is 3. The van der Waals surface area contributed by atoms with Gasteiger partial charge in [-0.1, -0.05) is 0 Å². The van der Waals surface area contributed by atoms with Crippen LogP contribution >= 0.6 is 0 Å². The van der Waals surface area contributed by atoms with Gasteiger partial charge in [0.25, 0.3) is 0 Å². The predicted octanol–water partition coefficient (Wildman–Crippen LogP) is 1.85. The van der Waals surface area contributed by atoms with E-state index < -0.39 is 5.60 Å². The molecule has 118 valence electrons. The summed E-state index contributed by atoms with van der Waals surface area (Å²) in [6, 6.07) is 2.06. The fourth-order valence-corrected chi connectivity index (χ4v) is 2.77. The van der Waals surface area contributed by atoms with Crippen molar-refractivity contribution >= 4 is 22.9 Å². The zero-order chi connectivity index (χ0) is 15.9. The SMILES string of the molecule is CC(C)(C)OC(=O)N[C@@H]1CCc2cc3c(N)ncnc3n2C1. The molecule has 0 fully saturated rings. The van der Waals surface area contributed by atoms with Crippen molar-refractivity contribution in [3.05, 3.63) is 18.1 Å². The van der Waals surface area contributed by atoms with Gasteiger partial charge in [-0.15, -0.1) is 0 Å². The average Bonchev–Trinajstić information content (AvgIpc) is 2.76. The molecule has 0 radical (unpaired) electrons. The summed E-state index contributed by atoms with van der Waals surface area (Å²) >= 11 is 0. The Balaban J connectivity index is 1.78. The van der Waals surface area contributed by atoms with Crippen molar-refractivity contribution in [3.8, 4) is 0 Å². The van der Waals surface area contributed by atoms with E-state index in [9.17, 15) is 4.79 Å². The number of hydrogen-bond donors (Lipinski definition) is 2. The van der Waals surface area contributed by atoms with E-state index in [1.165, 1.54) is 12.0 Å². The highest BCUT2D eigenvalue weighted by molar-refractivity contribution is 5.87. The number of amides is 1. The maximum absolute atomic E-state index is 11.9. The summed E-state index contributed by atoms with van der Waals surface area (Å²) in [6.45, 7) is 6.22. The van der Waals surface area contributed by atoms with Crippen molar-refractivity contribution in [1.82, 2.24) is 19.9 Å². The van der Waals surface area contributed by atoms with Gasteiger partial charge in [-0.2, -0.15) is 0 Å². The number of rotatable bonds is 1. The molecule has 0 spiro atoms. The van der Waals surface area contributed by atoms with Crippen LogP contribution in [0.2, 0.25) is 0 Å². The molecule has 1 aliphatic rings. The summed E-state index contributed by atoms with van der Waals surface area (Å²) in [7, 11) is 0. The van der Waals surface area contributed by atoms with Crippen molar-refractivity contribution in [3.63, 3.8) is 0 Å². The van der Waals surface area contributed by atoms with E-state index in [2.05, 4.69) is 19.9 Å². The molecule has 0 unspecified atom stereocenters. The molecule has 3 heterocycles. The van der Waals surface area contributed by atoms with Crippen LogP contribution < -0.4 is 11.1 Å². The minimum Gasteiger partial charge on any atom is -0.444 e. The normalized spacial score (nSPS) is 18.0. The van der Waals surface area contributed by atoms with E-state index in [0.29, 0.717) is 12.4 Å². The van der Waals surface area contributed by atoms with E-state index in [1.807, 2.05) is 26.8 Å². The summed E-state index contributed by atoms with van der Waals surface area (Å²) in [4.78, 5) is 20.2. The van der Waals surface area contributed by atoms with Gasteiger partial charge in [0.15, 0.2) is 0 Å². The average molecular weight is 303 g/mol. The molecule has 3 rings (SSSR count). The maximum atomic E-state index is 11.9. The van der Waals surface area contributed by atoms with Gasteiger partial charge in [-0.3, -0.25) is 0 Å². The molecule has 7 nitrogen and oxygen atoms in total. The standard InChI is InChI=1S/C15H21N5O2/c1-15(2,3)22-14(21)19-9-4-5-10-6-11-12(16)17-8-18-13(11)20(10)7-9/h6,8-9H,4-5,7H2,1-3H3,(H,19,21)(H2,16,17,18)/t9-/m1/s1. The summed E-state index contributed by atoms with van der Waals surface area (Å²) in [6.07, 6.45) is 2.81. The first-order chi connectivity index (χ1) is 10.3. The van der Waals surface area contributed by atoms with Crippen molar-refractivity contribution in [2.24, 2.45) is 0 Å². The van der Waals surface area contributed by atoms with Gasteiger partial charge in [-0.05, 0) is 39.7 Å². The van der Waals surface area contributed by atoms with Crippen molar-refractivity contribution < 1.29 is 9.53 Å². The Morgan fingerprint density at radius 3 is 2.95 bits per heavy atom. The quantitative estimate of drug-likeness (QED) is 0.838. The molecule has 1 atom stereocenters. The number of nitrogens with two attached hydrogens (primary N) is 1. The molecule has 7 heteroatoms. The van der Waals surface area contributed by atoms with Crippen LogP contribution in [0.5, 0.6) is 0 Å². The molecule has 2 aromatic rings. The number of ether oxygens (including phenoxy) is 1. The number of carbonyl (C=O) groups is 1. The lowest BCUT2D eigenvalue weighted by atomic mass is 10.1. The lowest BCUT2D eigenvalue weighted by Gasteiger charge is -2.27. The number of nitrogen functional groups attached to an aromatic ring is 1. The van der Waals surface area contributed by atoms with Crippen molar-refractivity contribution in [2.45, 2.75) is 51.8 Å². The number of anilines is 1. The molecule has 2 aromatic heterocycles. The van der Waals surface area contributed by atoms with Crippen molar-refractivity contribution in [2.75, 3.05) is 5.73 Å². The van der Waals surface area contributed by atoms with Crippen LogP contribution in [0.4, 0.5) is 10.6 Å². The summed E-state index contributed by atoms with van der Waals surface area (Å²) in [5, 5.41) is 3.80. The van der Waals surface area contributed by atoms with Gasteiger partial charge >= 0.3 is 6.09 Å². The highest BCUT2D eigenvalue weighted by atomic mass is 16.6. The van der Waals surface area contributed by atoms with Crippen LogP contribution in [0.3, 0.4) is 0 Å². The molecular weight excluding hydrogens is 282 g/mol. The Labute approximate surface area is 128 Å². The fraction of sp³-hybridized carbons (Fsp3) is 0.533. The highest BCUT2D eigenvalue weighted by Crippen LogP contribution is 2.26. The predicted molar refractivity (Wildman–Crippen MR) is 83.4 cm³/mol. The van der Waals surface area contributed by atoms with Crippen LogP contribution in [-0.2, 0) is 17.7 Å². The van der Waals surface area contributed by atoms with Crippen molar-refractivity contribution in [1.29, 1.82) is 0 Å². The molecular formula is C15H21N5O2. The molecule has 0 saturated heterocycles. The smallest absolute Gasteiger partial charge is 0.407 e. The van der Waals surface area contributed by atoms with E-state index in [0.717, 1.165) is 23.9 Å². The zero-order valence-electron chi connectivity index (χ0n) is 13.1. The van der Waals surface area contributed by atoms with E-state index in [4.69, 9.17) is 10.5 Å². The zero-order valence-corrected chi connectivity index (χ0v) is 13.1. The lowest BCUT2D eigenvalue weighted by Crippen LogP contribution is -2.43. The van der Waals surface area contributed by atoms with Crippen LogP contribution in [-0.4, -0.2) is 32.3 Å². The second-order valence-electron chi connectivity index (χ2n) is 6.62. The van der Waals surface area contributed by atoms with Gasteiger partial charge in [0.05, 0.1) is 11.4 Å². The monoisotopic (exact) mass is 303 g/mol. The van der Waals surface area contributed by atoms with Gasteiger partial charge in [-0.25, -0.2) is 14.8 Å². The number of aromatic nitrogens is 3. The summed E-state index contributed by atoms with van der Waals surface area (Å²) in [5.41, 5.74) is 7.39. The highest BCUT2D eigenvalue weighted by Gasteiger charge is 2.25. The molecule has 22 heavy (non-hydrogen) atoms. The van der Waals surface area contributed by atoms with E-state index in [-0.39, 0.29) is 12.1 Å². The molecule has 3 N–H and O–H groups in total. The second kappa shape index (κ2) is 5.15. The topological polar surface area (TPSA) is 95.1 Å². The van der Waals surface area contributed by atoms with E-state index >= 15 is 0 Å². The van der Waals surface area contributed by atoms with Crippen LogP contribution in [0.25, 0.3) is 11.0 Å². The maximum Gasteiger partial charge on any atom is 0.407 e. The lowest BCUT2D eigenvalue weighted by molar-refractivity contribution is 0.0493. The van der Waals surface area contributed by atoms with Gasteiger partial charge in [0.2, 0.25) is 0 Å². The Hall–Kier alpha value is -2.31. The number of aryl methyl sites for hydroxylation is 1. The van der Waals surface area contributed by atoms with Gasteiger partial charge < -0.3 is 20.4 Å². The first-order valence-corrected chi connectivity index (χ1v) is 7.41. The molecule has 0 saturated carbocycles. The number of alkyl carbamates (subject to hydrolysis) is 1. The van der Waals surface area contributed by atoms with Crippen LogP contribution in [0.1, 0.15) is 32.9 Å². The van der Waals surface area contributed by atoms with Gasteiger partial charge in [0.1, 0.15) is 23.4 Å². The Morgan fingerprint density at radius 2 is 2.23 bits per heavy atom. The molecule has 0 bridgehead atoms. The van der Waals surface area contributed by atoms with Crippen LogP contribution in [0.15, 0.2) is 12.4 Å². The number of carbonyl (C=O) groups excluding carboxylic acids is 1. The summed E-state index contributed by atoms with van der Waals surface area (Å²) in [5.74, 6) is 0.489. The summed E-state index contributed by atoms with van der Waals surface area (Å²) < 4.78 is 7.41. The Bertz CT molecular complexity index is 717.